The van der Waals surface area contributed by atoms with Gasteiger partial charge in [-0.05, 0) is 43.4 Å². The maximum absolute atomic E-state index is 12.0. The van der Waals surface area contributed by atoms with Crippen molar-refractivity contribution in [2.75, 3.05) is 18.9 Å². The van der Waals surface area contributed by atoms with E-state index in [0.717, 1.165) is 18.4 Å². The van der Waals surface area contributed by atoms with Crippen LogP contribution in [0.3, 0.4) is 0 Å². The molecule has 102 valence electrons. The predicted octanol–water partition coefficient (Wildman–Crippen LogP) is 1.68. The molecule has 2 N–H and O–H groups in total. The summed E-state index contributed by atoms with van der Waals surface area (Å²) in [6.45, 7) is 0.795. The maximum Gasteiger partial charge on any atom is 0.271 e. The van der Waals surface area contributed by atoms with Gasteiger partial charge in [-0.15, -0.1) is 0 Å². The van der Waals surface area contributed by atoms with Crippen LogP contribution in [0.1, 0.15) is 36.2 Å². The Morgan fingerprint density at radius 3 is 2.42 bits per heavy atom. The van der Waals surface area contributed by atoms with Crippen LogP contribution >= 0.6 is 0 Å². The van der Waals surface area contributed by atoms with E-state index in [2.05, 4.69) is 20.6 Å². The zero-order chi connectivity index (χ0) is 13.2. The summed E-state index contributed by atoms with van der Waals surface area (Å²) in [5, 5.41) is 5.90. The van der Waals surface area contributed by atoms with Gasteiger partial charge in [-0.25, -0.2) is 9.97 Å². The molecule has 0 saturated heterocycles. The van der Waals surface area contributed by atoms with E-state index < -0.39 is 0 Å². The highest BCUT2D eigenvalue weighted by Gasteiger charge is 2.41. The first kappa shape index (κ1) is 12.4. The van der Waals surface area contributed by atoms with Crippen LogP contribution < -0.4 is 10.6 Å². The third-order valence-electron chi connectivity index (χ3n) is 4.09. The number of anilines is 1. The zero-order valence-corrected chi connectivity index (χ0v) is 11.2. The lowest BCUT2D eigenvalue weighted by Gasteiger charge is -2.15. The lowest BCUT2D eigenvalue weighted by molar-refractivity contribution is 0.0938. The van der Waals surface area contributed by atoms with Crippen molar-refractivity contribution in [3.8, 4) is 0 Å². The molecule has 0 atom stereocenters. The second kappa shape index (κ2) is 5.15. The summed E-state index contributed by atoms with van der Waals surface area (Å²) in [6.07, 6.45) is 8.46. The molecule has 0 unspecified atom stereocenters. The Morgan fingerprint density at radius 2 is 1.95 bits per heavy atom. The first-order valence-corrected chi connectivity index (χ1v) is 7.06. The fourth-order valence-corrected chi connectivity index (χ4v) is 2.64. The summed E-state index contributed by atoms with van der Waals surface area (Å²) in [6, 6.07) is 0. The number of hydrogen-bond donors (Lipinski definition) is 2. The highest BCUT2D eigenvalue weighted by molar-refractivity contribution is 5.92. The molecule has 2 saturated carbocycles. The van der Waals surface area contributed by atoms with Crippen molar-refractivity contribution in [2.45, 2.75) is 25.7 Å². The van der Waals surface area contributed by atoms with Crippen molar-refractivity contribution in [1.82, 2.24) is 15.3 Å². The Balaban J connectivity index is 1.54. The molecule has 0 aliphatic heterocycles. The average Bonchev–Trinajstić information content (AvgIpc) is 3.31. The number of amides is 1. The molecule has 1 amide bonds. The van der Waals surface area contributed by atoms with Gasteiger partial charge in [0.25, 0.3) is 5.91 Å². The zero-order valence-electron chi connectivity index (χ0n) is 11.2. The second-order valence-corrected chi connectivity index (χ2v) is 5.59. The van der Waals surface area contributed by atoms with Crippen LogP contribution in [0.4, 0.5) is 5.82 Å². The molecular formula is C14H20N4O. The Kier molecular flexibility index (Phi) is 3.36. The molecule has 5 heteroatoms. The fourth-order valence-electron chi connectivity index (χ4n) is 2.64. The topological polar surface area (TPSA) is 66.9 Å². The molecule has 3 rings (SSSR count). The molecule has 0 radical (unpaired) electrons. The molecule has 0 spiro atoms. The van der Waals surface area contributed by atoms with E-state index >= 15 is 0 Å². The van der Waals surface area contributed by atoms with E-state index in [1.54, 1.807) is 13.2 Å². The van der Waals surface area contributed by atoms with Gasteiger partial charge in [-0.3, -0.25) is 4.79 Å². The first-order chi connectivity index (χ1) is 9.28. The Bertz CT molecular complexity index is 439. The van der Waals surface area contributed by atoms with E-state index in [-0.39, 0.29) is 5.91 Å². The summed E-state index contributed by atoms with van der Waals surface area (Å²) >= 11 is 0. The molecule has 1 aromatic heterocycles. The molecule has 1 aromatic rings. The van der Waals surface area contributed by atoms with Gasteiger partial charge in [0.15, 0.2) is 0 Å². The van der Waals surface area contributed by atoms with Crippen molar-refractivity contribution < 1.29 is 4.79 Å². The van der Waals surface area contributed by atoms with E-state index in [4.69, 9.17) is 0 Å². The van der Waals surface area contributed by atoms with Crippen LogP contribution in [0.25, 0.3) is 0 Å². The standard InChI is InChI=1S/C14H20N4O/c1-15-13-8-16-12(7-17-13)14(19)18-6-11(9-2-3-9)10-4-5-10/h7-11H,2-6H2,1H3,(H,15,17)(H,18,19). The molecule has 0 aromatic carbocycles. The maximum atomic E-state index is 12.0. The van der Waals surface area contributed by atoms with E-state index in [9.17, 15) is 4.79 Å². The van der Waals surface area contributed by atoms with Gasteiger partial charge in [0.1, 0.15) is 11.5 Å². The smallest absolute Gasteiger partial charge is 0.271 e. The lowest BCUT2D eigenvalue weighted by atomic mass is 9.98. The number of nitrogens with zero attached hydrogens (tertiary/aromatic N) is 2. The molecule has 19 heavy (non-hydrogen) atoms. The second-order valence-electron chi connectivity index (χ2n) is 5.59. The van der Waals surface area contributed by atoms with Crippen LogP contribution in [0, 0.1) is 17.8 Å². The lowest BCUT2D eigenvalue weighted by Crippen LogP contribution is -2.31. The van der Waals surface area contributed by atoms with Gasteiger partial charge >= 0.3 is 0 Å². The van der Waals surface area contributed by atoms with Crippen LogP contribution in [0.5, 0.6) is 0 Å². The number of nitrogens with one attached hydrogen (secondary N) is 2. The highest BCUT2D eigenvalue weighted by atomic mass is 16.1. The van der Waals surface area contributed by atoms with E-state index in [0.29, 0.717) is 17.4 Å². The van der Waals surface area contributed by atoms with Crippen LogP contribution in [-0.4, -0.2) is 29.5 Å². The van der Waals surface area contributed by atoms with Crippen LogP contribution in [-0.2, 0) is 0 Å². The quantitative estimate of drug-likeness (QED) is 0.816. The summed E-state index contributed by atoms with van der Waals surface area (Å²) in [4.78, 5) is 20.2. The third kappa shape index (κ3) is 3.03. The molecule has 2 aliphatic carbocycles. The monoisotopic (exact) mass is 260 g/mol. The predicted molar refractivity (Wildman–Crippen MR) is 72.8 cm³/mol. The van der Waals surface area contributed by atoms with Gasteiger partial charge in [0, 0.05) is 13.6 Å². The highest BCUT2D eigenvalue weighted by Crippen LogP contribution is 2.48. The third-order valence-corrected chi connectivity index (χ3v) is 4.09. The summed E-state index contributed by atoms with van der Waals surface area (Å²) in [7, 11) is 1.78. The largest absolute Gasteiger partial charge is 0.372 e. The number of aromatic nitrogens is 2. The minimum Gasteiger partial charge on any atom is -0.372 e. The minimum atomic E-state index is -0.110. The summed E-state index contributed by atoms with van der Waals surface area (Å²) in [5.41, 5.74) is 0.393. The number of hydrogen-bond acceptors (Lipinski definition) is 4. The minimum absolute atomic E-state index is 0.110. The van der Waals surface area contributed by atoms with Crippen LogP contribution in [0.2, 0.25) is 0 Å². The van der Waals surface area contributed by atoms with Crippen molar-refractivity contribution in [3.05, 3.63) is 18.1 Å². The molecule has 0 bridgehead atoms. The van der Waals surface area contributed by atoms with Crippen molar-refractivity contribution >= 4 is 11.7 Å². The number of carbonyl (C=O) groups excluding carboxylic acids is 1. The van der Waals surface area contributed by atoms with Gasteiger partial charge in [-0.2, -0.15) is 0 Å². The van der Waals surface area contributed by atoms with Gasteiger partial charge in [0.05, 0.1) is 12.4 Å². The average molecular weight is 260 g/mol. The Labute approximate surface area is 113 Å². The van der Waals surface area contributed by atoms with E-state index in [1.807, 2.05) is 0 Å². The number of rotatable bonds is 6. The molecule has 1 heterocycles. The fraction of sp³-hybridized carbons (Fsp3) is 0.643. The van der Waals surface area contributed by atoms with Gasteiger partial charge in [0.2, 0.25) is 0 Å². The molecule has 5 nitrogen and oxygen atoms in total. The molecule has 2 aliphatic rings. The van der Waals surface area contributed by atoms with Crippen molar-refractivity contribution in [2.24, 2.45) is 17.8 Å². The van der Waals surface area contributed by atoms with E-state index in [1.165, 1.54) is 31.9 Å². The molecular weight excluding hydrogens is 240 g/mol. The van der Waals surface area contributed by atoms with Crippen molar-refractivity contribution in [3.63, 3.8) is 0 Å². The Morgan fingerprint density at radius 1 is 1.26 bits per heavy atom. The Hall–Kier alpha value is -1.65. The van der Waals surface area contributed by atoms with Crippen molar-refractivity contribution in [1.29, 1.82) is 0 Å². The van der Waals surface area contributed by atoms with Crippen LogP contribution in [0.15, 0.2) is 12.4 Å². The normalized spacial score (nSPS) is 18.4. The SMILES string of the molecule is CNc1cnc(C(=O)NCC(C2CC2)C2CC2)cn1. The molecule has 2 fully saturated rings. The summed E-state index contributed by atoms with van der Waals surface area (Å²) in [5.74, 6) is 2.96. The number of carbonyl (C=O) groups is 1. The van der Waals surface area contributed by atoms with Gasteiger partial charge < -0.3 is 10.6 Å². The summed E-state index contributed by atoms with van der Waals surface area (Å²) < 4.78 is 0. The first-order valence-electron chi connectivity index (χ1n) is 7.06. The van der Waals surface area contributed by atoms with Gasteiger partial charge in [-0.1, -0.05) is 0 Å².